The molecule has 0 atom stereocenters. The molecule has 2 rings (SSSR count). The number of rotatable bonds is 8. The van der Waals surface area contributed by atoms with Crippen LogP contribution in [-0.4, -0.2) is 25.0 Å². The van der Waals surface area contributed by atoms with Gasteiger partial charge in [0.1, 0.15) is 17.3 Å². The van der Waals surface area contributed by atoms with Gasteiger partial charge in [-0.1, -0.05) is 26.0 Å². The lowest BCUT2D eigenvalue weighted by Gasteiger charge is -2.11. The van der Waals surface area contributed by atoms with E-state index in [0.717, 1.165) is 11.3 Å². The fourth-order valence-corrected chi connectivity index (χ4v) is 2.38. The average molecular weight is 358 g/mol. The number of nitrogens with one attached hydrogen (secondary N) is 2. The van der Waals surface area contributed by atoms with Gasteiger partial charge in [0.2, 0.25) is 5.91 Å². The highest BCUT2D eigenvalue weighted by Gasteiger charge is 2.14. The highest BCUT2D eigenvalue weighted by molar-refractivity contribution is 5.97. The first-order valence-electron chi connectivity index (χ1n) is 8.69. The molecule has 1 aromatic heterocycles. The summed E-state index contributed by atoms with van der Waals surface area (Å²) in [4.78, 5) is 24.0. The molecule has 2 aromatic rings. The largest absolute Gasteiger partial charge is 0.493 e. The highest BCUT2D eigenvalue weighted by Crippen LogP contribution is 2.14. The minimum atomic E-state index is -0.321. The third-order valence-electron chi connectivity index (χ3n) is 3.67. The van der Waals surface area contributed by atoms with Crippen molar-refractivity contribution >= 4 is 11.8 Å². The van der Waals surface area contributed by atoms with Crippen molar-refractivity contribution in [3.63, 3.8) is 0 Å². The molecule has 0 radical (unpaired) electrons. The van der Waals surface area contributed by atoms with Gasteiger partial charge >= 0.3 is 0 Å². The van der Waals surface area contributed by atoms with Gasteiger partial charge in [0, 0.05) is 6.54 Å². The molecule has 0 aliphatic heterocycles. The summed E-state index contributed by atoms with van der Waals surface area (Å²) in [5.41, 5.74) is 1.39. The number of hydrogen-bond acceptors (Lipinski definition) is 4. The maximum atomic E-state index is 12.1. The van der Waals surface area contributed by atoms with E-state index in [-0.39, 0.29) is 18.4 Å². The van der Waals surface area contributed by atoms with Gasteiger partial charge in [-0.05, 0) is 43.5 Å². The van der Waals surface area contributed by atoms with Crippen LogP contribution in [0, 0.1) is 19.8 Å². The second kappa shape index (κ2) is 9.08. The molecule has 0 aliphatic rings. The lowest BCUT2D eigenvalue weighted by molar-refractivity contribution is -0.120. The number of furan rings is 1. The molecule has 26 heavy (non-hydrogen) atoms. The average Bonchev–Trinajstić information content (AvgIpc) is 2.94. The summed E-state index contributed by atoms with van der Waals surface area (Å²) in [6, 6.07) is 9.26. The van der Waals surface area contributed by atoms with Crippen LogP contribution in [0.2, 0.25) is 0 Å². The van der Waals surface area contributed by atoms with Gasteiger partial charge in [0.25, 0.3) is 5.91 Å². The standard InChI is InChI=1S/C20H26N2O4/c1-13(2)12-25-17-7-5-6-16(9-17)10-21-19(23)11-22-20(24)18-8-14(3)26-15(18)4/h5-9,13H,10-12H2,1-4H3,(H,21,23)(H,22,24). The van der Waals surface area contributed by atoms with E-state index >= 15 is 0 Å². The number of carbonyl (C=O) groups excluding carboxylic acids is 2. The number of aryl methyl sites for hydroxylation is 2. The quantitative estimate of drug-likeness (QED) is 0.760. The normalized spacial score (nSPS) is 10.7. The lowest BCUT2D eigenvalue weighted by atomic mass is 10.2. The minimum Gasteiger partial charge on any atom is -0.493 e. The highest BCUT2D eigenvalue weighted by atomic mass is 16.5. The molecule has 2 N–H and O–H groups in total. The molecule has 140 valence electrons. The molecule has 1 aromatic carbocycles. The van der Waals surface area contributed by atoms with Crippen molar-refractivity contribution in [1.29, 1.82) is 0 Å². The molecule has 6 heteroatoms. The molecule has 2 amide bonds. The van der Waals surface area contributed by atoms with Gasteiger partial charge < -0.3 is 19.8 Å². The summed E-state index contributed by atoms with van der Waals surface area (Å²) in [6.07, 6.45) is 0. The Balaban J connectivity index is 1.79. The molecule has 0 saturated carbocycles. The van der Waals surface area contributed by atoms with Crippen molar-refractivity contribution < 1.29 is 18.7 Å². The van der Waals surface area contributed by atoms with Crippen LogP contribution in [0.3, 0.4) is 0 Å². The first-order chi connectivity index (χ1) is 12.3. The van der Waals surface area contributed by atoms with Gasteiger partial charge in [-0.2, -0.15) is 0 Å². The molecule has 0 spiro atoms. The first-order valence-corrected chi connectivity index (χ1v) is 8.69. The van der Waals surface area contributed by atoms with Gasteiger partial charge in [-0.15, -0.1) is 0 Å². The molecule has 6 nitrogen and oxygen atoms in total. The predicted octanol–water partition coefficient (Wildman–Crippen LogP) is 2.98. The Kier molecular flexibility index (Phi) is 6.83. The van der Waals surface area contributed by atoms with Crippen LogP contribution in [0.5, 0.6) is 5.75 Å². The zero-order chi connectivity index (χ0) is 19.1. The van der Waals surface area contributed by atoms with E-state index in [1.165, 1.54) is 0 Å². The van der Waals surface area contributed by atoms with Gasteiger partial charge in [0.05, 0.1) is 18.7 Å². The van der Waals surface area contributed by atoms with Gasteiger partial charge in [0.15, 0.2) is 0 Å². The zero-order valence-electron chi connectivity index (χ0n) is 15.7. The second-order valence-corrected chi connectivity index (χ2v) is 6.64. The molecule has 1 heterocycles. The molecule has 0 unspecified atom stereocenters. The summed E-state index contributed by atoms with van der Waals surface area (Å²) >= 11 is 0. The van der Waals surface area contributed by atoms with Crippen molar-refractivity contribution in [1.82, 2.24) is 10.6 Å². The van der Waals surface area contributed by atoms with Gasteiger partial charge in [-0.25, -0.2) is 0 Å². The monoisotopic (exact) mass is 358 g/mol. The van der Waals surface area contributed by atoms with Crippen LogP contribution in [-0.2, 0) is 11.3 Å². The summed E-state index contributed by atoms with van der Waals surface area (Å²) in [6.45, 7) is 8.60. The van der Waals surface area contributed by atoms with Crippen LogP contribution in [0.4, 0.5) is 0 Å². The summed E-state index contributed by atoms with van der Waals surface area (Å²) in [5, 5.41) is 5.38. The molecular formula is C20H26N2O4. The molecule has 0 fully saturated rings. The number of amides is 2. The van der Waals surface area contributed by atoms with Crippen LogP contribution in [0.1, 0.15) is 41.3 Å². The second-order valence-electron chi connectivity index (χ2n) is 6.64. The van der Waals surface area contributed by atoms with E-state index in [0.29, 0.717) is 36.2 Å². The minimum absolute atomic E-state index is 0.0912. The maximum Gasteiger partial charge on any atom is 0.255 e. The number of ether oxygens (including phenoxy) is 1. The fourth-order valence-electron chi connectivity index (χ4n) is 2.38. The Hall–Kier alpha value is -2.76. The fraction of sp³-hybridized carbons (Fsp3) is 0.400. The van der Waals surface area contributed by atoms with E-state index in [1.807, 2.05) is 24.3 Å². The summed E-state index contributed by atoms with van der Waals surface area (Å²) in [7, 11) is 0. The number of hydrogen-bond donors (Lipinski definition) is 2. The Morgan fingerprint density at radius 1 is 1.15 bits per heavy atom. The van der Waals surface area contributed by atoms with Crippen molar-refractivity contribution in [2.45, 2.75) is 34.2 Å². The molecule has 0 bridgehead atoms. The Labute approximate surface area is 153 Å². The zero-order valence-corrected chi connectivity index (χ0v) is 15.7. The SMILES string of the molecule is Cc1cc(C(=O)NCC(=O)NCc2cccc(OCC(C)C)c2)c(C)o1. The first kappa shape index (κ1) is 19.6. The van der Waals surface area contributed by atoms with Crippen LogP contribution < -0.4 is 15.4 Å². The molecule has 0 aliphatic carbocycles. The van der Waals surface area contributed by atoms with Crippen LogP contribution in [0.15, 0.2) is 34.7 Å². The summed E-state index contributed by atoms with van der Waals surface area (Å²) < 4.78 is 11.0. The van der Waals surface area contributed by atoms with E-state index < -0.39 is 0 Å². The maximum absolute atomic E-state index is 12.1. The van der Waals surface area contributed by atoms with Crippen molar-refractivity contribution in [3.8, 4) is 5.75 Å². The lowest BCUT2D eigenvalue weighted by Crippen LogP contribution is -2.36. The number of benzene rings is 1. The van der Waals surface area contributed by atoms with Gasteiger partial charge in [-0.3, -0.25) is 9.59 Å². The van der Waals surface area contributed by atoms with E-state index in [9.17, 15) is 9.59 Å². The summed E-state index contributed by atoms with van der Waals surface area (Å²) in [5.74, 6) is 1.85. The van der Waals surface area contributed by atoms with Crippen LogP contribution in [0.25, 0.3) is 0 Å². The van der Waals surface area contributed by atoms with Crippen LogP contribution >= 0.6 is 0 Å². The third kappa shape index (κ3) is 5.95. The Bertz CT molecular complexity index is 765. The molecular weight excluding hydrogens is 332 g/mol. The Morgan fingerprint density at radius 3 is 2.58 bits per heavy atom. The van der Waals surface area contributed by atoms with Crippen molar-refractivity contribution in [3.05, 3.63) is 53.0 Å². The van der Waals surface area contributed by atoms with Crippen molar-refractivity contribution in [2.75, 3.05) is 13.2 Å². The smallest absolute Gasteiger partial charge is 0.255 e. The van der Waals surface area contributed by atoms with E-state index in [4.69, 9.17) is 9.15 Å². The third-order valence-corrected chi connectivity index (χ3v) is 3.67. The molecule has 0 saturated heterocycles. The van der Waals surface area contributed by atoms with E-state index in [1.54, 1.807) is 19.9 Å². The Morgan fingerprint density at radius 2 is 1.92 bits per heavy atom. The van der Waals surface area contributed by atoms with E-state index in [2.05, 4.69) is 24.5 Å². The topological polar surface area (TPSA) is 80.6 Å². The number of carbonyl (C=O) groups is 2. The predicted molar refractivity (Wildman–Crippen MR) is 99.1 cm³/mol. The van der Waals surface area contributed by atoms with Crippen molar-refractivity contribution in [2.24, 2.45) is 5.92 Å².